The first-order valence-electron chi connectivity index (χ1n) is 10.9. The second kappa shape index (κ2) is 9.68. The lowest BCUT2D eigenvalue weighted by atomic mass is 9.97. The maximum atomic E-state index is 13.6. The Morgan fingerprint density at radius 2 is 1.82 bits per heavy atom. The lowest BCUT2D eigenvalue weighted by Gasteiger charge is -2.35. The average molecular weight is 446 g/mol. The van der Waals surface area contributed by atoms with Gasteiger partial charge in [0.15, 0.2) is 0 Å². The third kappa shape index (κ3) is 4.79. The third-order valence-electron chi connectivity index (χ3n) is 5.58. The number of nitrogens with one attached hydrogen (secondary N) is 1. The molecule has 0 saturated carbocycles. The molecule has 170 valence electrons. The van der Waals surface area contributed by atoms with Gasteiger partial charge in [0.1, 0.15) is 23.9 Å². The van der Waals surface area contributed by atoms with Crippen LogP contribution in [0.4, 0.5) is 0 Å². The molecule has 0 aliphatic rings. The minimum atomic E-state index is -0.802. The van der Waals surface area contributed by atoms with E-state index in [0.29, 0.717) is 11.3 Å². The van der Waals surface area contributed by atoms with Crippen molar-refractivity contribution in [2.75, 3.05) is 0 Å². The number of carbonyl (C=O) groups is 2. The Hall–Kier alpha value is -3.94. The zero-order chi connectivity index (χ0) is 23.4. The molecule has 0 fully saturated rings. The van der Waals surface area contributed by atoms with E-state index in [4.69, 9.17) is 4.42 Å². The number of furan rings is 1. The van der Waals surface area contributed by atoms with Gasteiger partial charge in [-0.1, -0.05) is 41.6 Å². The highest BCUT2D eigenvalue weighted by molar-refractivity contribution is 5.89. The summed E-state index contributed by atoms with van der Waals surface area (Å²) in [7, 11) is 0. The highest BCUT2D eigenvalue weighted by atomic mass is 16.3. The number of aryl methyl sites for hydroxylation is 1. The second-order valence-corrected chi connectivity index (χ2v) is 8.19. The Morgan fingerprint density at radius 3 is 2.55 bits per heavy atom. The molecule has 0 aliphatic heterocycles. The molecule has 2 amide bonds. The summed E-state index contributed by atoms with van der Waals surface area (Å²) in [5.74, 6) is 0.150. The van der Waals surface area contributed by atoms with Gasteiger partial charge in [-0.15, -0.1) is 5.10 Å². The van der Waals surface area contributed by atoms with Crippen molar-refractivity contribution in [3.8, 4) is 0 Å². The molecule has 4 rings (SSSR count). The normalized spacial score (nSPS) is 12.1. The van der Waals surface area contributed by atoms with E-state index in [9.17, 15) is 9.59 Å². The molecular weight excluding hydrogens is 418 g/mol. The van der Waals surface area contributed by atoms with Crippen LogP contribution in [0.25, 0.3) is 11.0 Å². The number of rotatable bonds is 8. The lowest BCUT2D eigenvalue weighted by Crippen LogP contribution is -2.48. The smallest absolute Gasteiger partial charge is 0.247 e. The van der Waals surface area contributed by atoms with E-state index in [1.807, 2.05) is 69.3 Å². The Bertz CT molecular complexity index is 1250. The summed E-state index contributed by atoms with van der Waals surface area (Å²) in [6.45, 7) is 5.97. The molecule has 0 unspecified atom stereocenters. The number of benzene rings is 2. The highest BCUT2D eigenvalue weighted by Crippen LogP contribution is 2.27. The van der Waals surface area contributed by atoms with Crippen LogP contribution in [0.3, 0.4) is 0 Å². The summed E-state index contributed by atoms with van der Waals surface area (Å²) in [4.78, 5) is 28.7. The minimum absolute atomic E-state index is 0.0213. The standard InChI is InChI=1S/C25H27N5O3/c1-17(2)30(23(31)16-29-22-13-7-6-12-21(22)27-28-29)24(20-11-5-4-9-18(20)3)25(32)26-15-19-10-8-14-33-19/h4-14,17,24H,15-16H2,1-3H3,(H,26,32)/t24-/m1/s1. The molecule has 0 aliphatic carbocycles. The molecule has 1 N–H and O–H groups in total. The van der Waals surface area contributed by atoms with Crippen LogP contribution in [0.5, 0.6) is 0 Å². The van der Waals surface area contributed by atoms with Crippen molar-refractivity contribution in [1.82, 2.24) is 25.2 Å². The van der Waals surface area contributed by atoms with E-state index >= 15 is 0 Å². The Balaban J connectivity index is 1.66. The zero-order valence-corrected chi connectivity index (χ0v) is 18.9. The molecule has 2 aromatic heterocycles. The van der Waals surface area contributed by atoms with E-state index in [-0.39, 0.29) is 30.9 Å². The molecule has 8 heteroatoms. The number of nitrogens with zero attached hydrogens (tertiary/aromatic N) is 4. The SMILES string of the molecule is Cc1ccccc1[C@H](C(=O)NCc1ccco1)N(C(=O)Cn1nnc2ccccc21)C(C)C. The molecular formula is C25H27N5O3. The van der Waals surface area contributed by atoms with Crippen LogP contribution < -0.4 is 5.32 Å². The summed E-state index contributed by atoms with van der Waals surface area (Å²) in [6.07, 6.45) is 1.56. The molecule has 1 atom stereocenters. The number of para-hydroxylation sites is 1. The number of hydrogen-bond acceptors (Lipinski definition) is 5. The van der Waals surface area contributed by atoms with Crippen molar-refractivity contribution in [2.24, 2.45) is 0 Å². The number of carbonyl (C=O) groups excluding carboxylic acids is 2. The number of aromatic nitrogens is 3. The van der Waals surface area contributed by atoms with Crippen LogP contribution in [0, 0.1) is 6.92 Å². The third-order valence-corrected chi connectivity index (χ3v) is 5.58. The van der Waals surface area contributed by atoms with Crippen LogP contribution in [0.2, 0.25) is 0 Å². The van der Waals surface area contributed by atoms with Gasteiger partial charge < -0.3 is 14.6 Å². The zero-order valence-electron chi connectivity index (χ0n) is 18.9. The lowest BCUT2D eigenvalue weighted by molar-refractivity contribution is -0.143. The largest absolute Gasteiger partial charge is 0.467 e. The number of hydrogen-bond donors (Lipinski definition) is 1. The minimum Gasteiger partial charge on any atom is -0.467 e. The van der Waals surface area contributed by atoms with E-state index in [2.05, 4.69) is 15.6 Å². The van der Waals surface area contributed by atoms with Gasteiger partial charge in [-0.2, -0.15) is 0 Å². The summed E-state index contributed by atoms with van der Waals surface area (Å²) in [5.41, 5.74) is 3.19. The fourth-order valence-electron chi connectivity index (χ4n) is 3.97. The summed E-state index contributed by atoms with van der Waals surface area (Å²) >= 11 is 0. The van der Waals surface area contributed by atoms with Gasteiger partial charge in [-0.3, -0.25) is 9.59 Å². The Morgan fingerprint density at radius 1 is 1.06 bits per heavy atom. The van der Waals surface area contributed by atoms with Gasteiger partial charge in [-0.25, -0.2) is 4.68 Å². The number of amides is 2. The van der Waals surface area contributed by atoms with E-state index < -0.39 is 6.04 Å². The van der Waals surface area contributed by atoms with Gasteiger partial charge in [0, 0.05) is 6.04 Å². The van der Waals surface area contributed by atoms with Crippen LogP contribution >= 0.6 is 0 Å². The number of fused-ring (bicyclic) bond motifs is 1. The molecule has 0 saturated heterocycles. The first kappa shape index (κ1) is 22.3. The van der Waals surface area contributed by atoms with Crippen LogP contribution in [-0.4, -0.2) is 37.7 Å². The van der Waals surface area contributed by atoms with Crippen molar-refractivity contribution in [2.45, 2.75) is 45.9 Å². The van der Waals surface area contributed by atoms with Gasteiger partial charge in [0.05, 0.1) is 18.3 Å². The van der Waals surface area contributed by atoms with E-state index in [1.165, 1.54) is 0 Å². The predicted molar refractivity (Wildman–Crippen MR) is 124 cm³/mol. The summed E-state index contributed by atoms with van der Waals surface area (Å²) in [6, 6.07) is 17.6. The quantitative estimate of drug-likeness (QED) is 0.447. The fourth-order valence-corrected chi connectivity index (χ4v) is 3.97. The van der Waals surface area contributed by atoms with Crippen molar-refractivity contribution < 1.29 is 14.0 Å². The van der Waals surface area contributed by atoms with Crippen molar-refractivity contribution >= 4 is 22.8 Å². The topological polar surface area (TPSA) is 93.3 Å². The second-order valence-electron chi connectivity index (χ2n) is 8.19. The maximum absolute atomic E-state index is 13.6. The Labute approximate surface area is 192 Å². The Kier molecular flexibility index (Phi) is 6.53. The van der Waals surface area contributed by atoms with Crippen molar-refractivity contribution in [3.63, 3.8) is 0 Å². The average Bonchev–Trinajstić information content (AvgIpc) is 3.46. The van der Waals surface area contributed by atoms with E-state index in [1.54, 1.807) is 28.0 Å². The highest BCUT2D eigenvalue weighted by Gasteiger charge is 2.34. The first-order valence-corrected chi connectivity index (χ1v) is 10.9. The maximum Gasteiger partial charge on any atom is 0.247 e. The predicted octanol–water partition coefficient (Wildman–Crippen LogP) is 3.63. The van der Waals surface area contributed by atoms with Crippen molar-refractivity contribution in [1.29, 1.82) is 0 Å². The molecule has 0 radical (unpaired) electrons. The van der Waals surface area contributed by atoms with Gasteiger partial charge in [0.25, 0.3) is 0 Å². The molecule has 33 heavy (non-hydrogen) atoms. The monoisotopic (exact) mass is 445 g/mol. The van der Waals surface area contributed by atoms with Gasteiger partial charge in [0.2, 0.25) is 11.8 Å². The van der Waals surface area contributed by atoms with Crippen LogP contribution in [0.1, 0.15) is 36.8 Å². The molecule has 2 aromatic carbocycles. The summed E-state index contributed by atoms with van der Waals surface area (Å²) < 4.78 is 6.92. The van der Waals surface area contributed by atoms with Crippen molar-refractivity contribution in [3.05, 3.63) is 83.8 Å². The fraction of sp³-hybridized carbons (Fsp3) is 0.280. The van der Waals surface area contributed by atoms with Crippen LogP contribution in [0.15, 0.2) is 71.3 Å². The molecule has 0 bridgehead atoms. The van der Waals surface area contributed by atoms with Gasteiger partial charge >= 0.3 is 0 Å². The van der Waals surface area contributed by atoms with E-state index in [0.717, 1.165) is 16.6 Å². The molecule has 0 spiro atoms. The summed E-state index contributed by atoms with van der Waals surface area (Å²) in [5, 5.41) is 11.2. The molecule has 2 heterocycles. The molecule has 8 nitrogen and oxygen atoms in total. The van der Waals surface area contributed by atoms with Crippen LogP contribution in [-0.2, 0) is 22.7 Å². The molecule has 4 aromatic rings. The first-order chi connectivity index (χ1) is 16.0. The van der Waals surface area contributed by atoms with Gasteiger partial charge in [-0.05, 0) is 56.2 Å².